The molecule has 2 aliphatic carbocycles. The standard InChI is InChI=1S/C26H23F2N5O/c1-15-17-7-8-26(15,16-4-3-11-33(14-16)25(34)22-13-29-9-10-30-22)24-18(17)12-21(31-32-24)23-19(27)5-2-6-20(23)28/h2,5-6,9-10,12-13,16-17H,1,3-4,7-8,11,14H2/t16?,17-,26+/m1/s1. The summed E-state index contributed by atoms with van der Waals surface area (Å²) in [5, 5.41) is 8.82. The first-order valence-electron chi connectivity index (χ1n) is 11.6. The third-order valence-corrected chi connectivity index (χ3v) is 7.85. The molecule has 1 amide bonds. The molecule has 6 nitrogen and oxygen atoms in total. The molecule has 1 aliphatic heterocycles. The molecule has 1 unspecified atom stereocenters. The molecular weight excluding hydrogens is 436 g/mol. The number of fused-ring (bicyclic) bond motifs is 5. The van der Waals surface area contributed by atoms with E-state index in [1.807, 2.05) is 4.90 Å². The number of piperidine rings is 1. The van der Waals surface area contributed by atoms with Gasteiger partial charge in [0.15, 0.2) is 0 Å². The summed E-state index contributed by atoms with van der Waals surface area (Å²) in [5.74, 6) is -1.20. The van der Waals surface area contributed by atoms with Gasteiger partial charge in [-0.2, -0.15) is 5.10 Å². The number of carbonyl (C=O) groups excluding carboxylic acids is 1. The van der Waals surface area contributed by atoms with Gasteiger partial charge in [0.25, 0.3) is 5.91 Å². The van der Waals surface area contributed by atoms with Crippen molar-refractivity contribution in [1.82, 2.24) is 25.1 Å². The number of halogens is 2. The van der Waals surface area contributed by atoms with Crippen molar-refractivity contribution in [1.29, 1.82) is 0 Å². The number of aromatic nitrogens is 4. The number of allylic oxidation sites excluding steroid dienone is 1. The zero-order valence-corrected chi connectivity index (χ0v) is 18.5. The van der Waals surface area contributed by atoms with Gasteiger partial charge < -0.3 is 4.90 Å². The van der Waals surface area contributed by atoms with Gasteiger partial charge in [0, 0.05) is 36.8 Å². The van der Waals surface area contributed by atoms with Gasteiger partial charge in [-0.05, 0) is 55.4 Å². The Morgan fingerprint density at radius 2 is 1.97 bits per heavy atom. The summed E-state index contributed by atoms with van der Waals surface area (Å²) >= 11 is 0. The van der Waals surface area contributed by atoms with Crippen LogP contribution in [0.2, 0.25) is 0 Å². The summed E-state index contributed by atoms with van der Waals surface area (Å²) in [4.78, 5) is 23.1. The van der Waals surface area contributed by atoms with E-state index in [2.05, 4.69) is 26.7 Å². The smallest absolute Gasteiger partial charge is 0.274 e. The predicted octanol–water partition coefficient (Wildman–Crippen LogP) is 4.45. The van der Waals surface area contributed by atoms with Crippen LogP contribution in [0, 0.1) is 17.6 Å². The van der Waals surface area contributed by atoms with Crippen LogP contribution in [-0.4, -0.2) is 44.1 Å². The van der Waals surface area contributed by atoms with Gasteiger partial charge in [0.05, 0.1) is 23.1 Å². The normalized spacial score (nSPS) is 25.5. The molecule has 1 saturated heterocycles. The first-order chi connectivity index (χ1) is 16.5. The highest BCUT2D eigenvalue weighted by Crippen LogP contribution is 2.63. The molecule has 3 aliphatic rings. The fourth-order valence-electron chi connectivity index (χ4n) is 6.31. The fourth-order valence-corrected chi connectivity index (χ4v) is 6.31. The molecule has 2 aromatic heterocycles. The topological polar surface area (TPSA) is 71.9 Å². The van der Waals surface area contributed by atoms with Gasteiger partial charge in [0.2, 0.25) is 0 Å². The molecule has 3 heterocycles. The Labute approximate surface area is 195 Å². The lowest BCUT2D eigenvalue weighted by Gasteiger charge is -2.42. The van der Waals surface area contributed by atoms with Crippen LogP contribution in [0.15, 0.2) is 55.0 Å². The maximum Gasteiger partial charge on any atom is 0.274 e. The van der Waals surface area contributed by atoms with Crippen molar-refractivity contribution < 1.29 is 13.6 Å². The molecule has 8 heteroatoms. The van der Waals surface area contributed by atoms with E-state index >= 15 is 0 Å². The summed E-state index contributed by atoms with van der Waals surface area (Å²) in [5.41, 5.74) is 2.91. The summed E-state index contributed by atoms with van der Waals surface area (Å²) in [7, 11) is 0. The average molecular weight is 460 g/mol. The molecule has 34 heavy (non-hydrogen) atoms. The number of amides is 1. The number of carbonyl (C=O) groups is 1. The van der Waals surface area contributed by atoms with E-state index in [1.165, 1.54) is 30.6 Å². The molecule has 0 spiro atoms. The van der Waals surface area contributed by atoms with Crippen LogP contribution in [0.4, 0.5) is 8.78 Å². The Hall–Kier alpha value is -3.55. The van der Waals surface area contributed by atoms with Gasteiger partial charge in [-0.15, -0.1) is 5.10 Å². The van der Waals surface area contributed by atoms with Crippen LogP contribution in [0.25, 0.3) is 11.3 Å². The maximum atomic E-state index is 14.4. The third kappa shape index (κ3) is 2.94. The number of rotatable bonds is 3. The summed E-state index contributed by atoms with van der Waals surface area (Å²) in [6, 6.07) is 5.58. The minimum Gasteiger partial charge on any atom is -0.337 e. The number of hydrogen-bond acceptors (Lipinski definition) is 5. The maximum absolute atomic E-state index is 14.4. The first kappa shape index (κ1) is 21.0. The van der Waals surface area contributed by atoms with E-state index in [-0.39, 0.29) is 34.4 Å². The highest BCUT2D eigenvalue weighted by Gasteiger charge is 2.58. The number of nitrogens with zero attached hydrogens (tertiary/aromatic N) is 5. The lowest BCUT2D eigenvalue weighted by Crippen LogP contribution is -2.47. The highest BCUT2D eigenvalue weighted by atomic mass is 19.1. The molecule has 3 aromatic rings. The van der Waals surface area contributed by atoms with Crippen molar-refractivity contribution in [2.24, 2.45) is 5.92 Å². The molecule has 172 valence electrons. The Morgan fingerprint density at radius 1 is 1.15 bits per heavy atom. The molecule has 3 atom stereocenters. The lowest BCUT2D eigenvalue weighted by atomic mass is 9.67. The Balaban J connectivity index is 1.36. The average Bonchev–Trinajstić information content (AvgIpc) is 3.33. The first-order valence-corrected chi connectivity index (χ1v) is 11.6. The van der Waals surface area contributed by atoms with Gasteiger partial charge in [0.1, 0.15) is 17.3 Å². The Kier molecular flexibility index (Phi) is 4.79. The van der Waals surface area contributed by atoms with Crippen LogP contribution in [-0.2, 0) is 5.41 Å². The number of benzene rings is 1. The van der Waals surface area contributed by atoms with Crippen molar-refractivity contribution >= 4 is 5.91 Å². The molecular formula is C26H23F2N5O. The van der Waals surface area contributed by atoms with E-state index in [1.54, 1.807) is 12.3 Å². The van der Waals surface area contributed by atoms with Gasteiger partial charge in [-0.3, -0.25) is 9.78 Å². The molecule has 2 bridgehead atoms. The quantitative estimate of drug-likeness (QED) is 0.541. The van der Waals surface area contributed by atoms with Gasteiger partial charge in [-0.25, -0.2) is 13.8 Å². The SMILES string of the molecule is C=C1[C@H]2CC[C@]1(C1CCCN(C(=O)c3cnccn3)C1)c1nnc(-c3c(F)cccc3F)cc12. The van der Waals surface area contributed by atoms with E-state index < -0.39 is 11.6 Å². The zero-order chi connectivity index (χ0) is 23.4. The summed E-state index contributed by atoms with van der Waals surface area (Å²) < 4.78 is 28.8. The van der Waals surface area contributed by atoms with Crippen LogP contribution in [0.1, 0.15) is 53.3 Å². The monoisotopic (exact) mass is 459 g/mol. The second-order valence-electron chi connectivity index (χ2n) is 9.40. The van der Waals surface area contributed by atoms with Gasteiger partial charge in [-0.1, -0.05) is 18.2 Å². The minimum absolute atomic E-state index is 0.0881. The minimum atomic E-state index is -0.656. The van der Waals surface area contributed by atoms with Crippen LogP contribution in [0.3, 0.4) is 0 Å². The number of hydrogen-bond donors (Lipinski definition) is 0. The molecule has 1 saturated carbocycles. The van der Waals surface area contributed by atoms with Crippen LogP contribution >= 0.6 is 0 Å². The van der Waals surface area contributed by atoms with Crippen LogP contribution < -0.4 is 0 Å². The van der Waals surface area contributed by atoms with E-state index in [9.17, 15) is 13.6 Å². The second-order valence-corrected chi connectivity index (χ2v) is 9.40. The molecule has 0 radical (unpaired) electrons. The molecule has 0 N–H and O–H groups in total. The fraction of sp³-hybridized carbons (Fsp3) is 0.346. The highest BCUT2D eigenvalue weighted by molar-refractivity contribution is 5.92. The van der Waals surface area contributed by atoms with Crippen molar-refractivity contribution in [3.8, 4) is 11.3 Å². The predicted molar refractivity (Wildman–Crippen MR) is 121 cm³/mol. The van der Waals surface area contributed by atoms with E-state index in [4.69, 9.17) is 0 Å². The van der Waals surface area contributed by atoms with Crippen molar-refractivity contribution in [2.75, 3.05) is 13.1 Å². The Morgan fingerprint density at radius 3 is 2.74 bits per heavy atom. The van der Waals surface area contributed by atoms with Crippen molar-refractivity contribution in [2.45, 2.75) is 37.0 Å². The summed E-state index contributed by atoms with van der Waals surface area (Å²) in [6.07, 6.45) is 8.18. The summed E-state index contributed by atoms with van der Waals surface area (Å²) in [6.45, 7) is 5.71. The second kappa shape index (κ2) is 7.75. The lowest BCUT2D eigenvalue weighted by molar-refractivity contribution is 0.0612. The molecule has 6 rings (SSSR count). The van der Waals surface area contributed by atoms with Crippen LogP contribution in [0.5, 0.6) is 0 Å². The van der Waals surface area contributed by atoms with Gasteiger partial charge >= 0.3 is 0 Å². The molecule has 1 aromatic carbocycles. The Bertz CT molecular complexity index is 1290. The third-order valence-electron chi connectivity index (χ3n) is 7.85. The largest absolute Gasteiger partial charge is 0.337 e. The van der Waals surface area contributed by atoms with Crippen molar-refractivity contribution in [3.63, 3.8) is 0 Å². The zero-order valence-electron chi connectivity index (χ0n) is 18.5. The molecule has 2 fully saturated rings. The number of likely N-dealkylation sites (tertiary alicyclic amines) is 1. The van der Waals surface area contributed by atoms with Crippen molar-refractivity contribution in [3.05, 3.63) is 83.6 Å². The van der Waals surface area contributed by atoms with E-state index in [0.717, 1.165) is 42.5 Å². The van der Waals surface area contributed by atoms with E-state index in [0.29, 0.717) is 18.8 Å².